The van der Waals surface area contributed by atoms with Crippen LogP contribution in [0.4, 0.5) is 4.79 Å². The zero-order valence-electron chi connectivity index (χ0n) is 5.78. The lowest BCUT2D eigenvalue weighted by atomic mass is 10.1. The van der Waals surface area contributed by atoms with Crippen LogP contribution in [0.25, 0.3) is 0 Å². The van der Waals surface area contributed by atoms with E-state index < -0.39 is 18.0 Å². The molecule has 0 spiro atoms. The molecule has 2 amide bonds. The van der Waals surface area contributed by atoms with Gasteiger partial charge in [0.1, 0.15) is 6.04 Å². The van der Waals surface area contributed by atoms with Gasteiger partial charge in [-0.25, -0.2) is 9.80 Å². The quantitative estimate of drug-likeness (QED) is 0.468. The van der Waals surface area contributed by atoms with Crippen LogP contribution in [-0.4, -0.2) is 34.7 Å². The highest BCUT2D eigenvalue weighted by Crippen LogP contribution is 2.13. The number of aliphatic carboxylic acids is 1. The molecule has 1 aliphatic heterocycles. The van der Waals surface area contributed by atoms with Gasteiger partial charge in [-0.1, -0.05) is 0 Å². The second kappa shape index (κ2) is 2.75. The third-order valence-electron chi connectivity index (χ3n) is 1.56. The van der Waals surface area contributed by atoms with Crippen molar-refractivity contribution in [2.75, 3.05) is 6.54 Å². The van der Waals surface area contributed by atoms with Crippen LogP contribution in [-0.2, 0) is 4.79 Å². The molecular formula is C5H9N3O3. The number of carbonyl (C=O) groups is 2. The number of hydrogen-bond donors (Lipinski definition) is 3. The Labute approximate surface area is 62.9 Å². The molecule has 4 N–H and O–H groups in total. The zero-order valence-corrected chi connectivity index (χ0v) is 5.78. The summed E-state index contributed by atoms with van der Waals surface area (Å²) in [6.07, 6.45) is 0.551. The standard InChI is InChI=1S/C5H9N3O3/c6-5(11)7-8-2-1-3(8)4(9)10/h3H,1-2H2,(H,9,10)(H3,6,7,11). The molecule has 11 heavy (non-hydrogen) atoms. The first-order valence-electron chi connectivity index (χ1n) is 3.17. The number of nitrogens with zero attached hydrogens (tertiary/aromatic N) is 1. The number of rotatable bonds is 2. The Morgan fingerprint density at radius 3 is 2.55 bits per heavy atom. The summed E-state index contributed by atoms with van der Waals surface area (Å²) in [6.45, 7) is 0.542. The van der Waals surface area contributed by atoms with Gasteiger partial charge < -0.3 is 10.8 Å². The van der Waals surface area contributed by atoms with Gasteiger partial charge in [0.15, 0.2) is 0 Å². The molecule has 1 aliphatic rings. The molecule has 0 radical (unpaired) electrons. The number of primary amides is 1. The number of carboxylic acids is 1. The van der Waals surface area contributed by atoms with Crippen molar-refractivity contribution in [1.29, 1.82) is 0 Å². The topological polar surface area (TPSA) is 95.7 Å². The summed E-state index contributed by atoms with van der Waals surface area (Å²) in [5.74, 6) is -0.940. The van der Waals surface area contributed by atoms with Crippen LogP contribution < -0.4 is 11.2 Å². The van der Waals surface area contributed by atoms with Crippen molar-refractivity contribution in [2.45, 2.75) is 12.5 Å². The number of urea groups is 1. The summed E-state index contributed by atoms with van der Waals surface area (Å²) < 4.78 is 0. The van der Waals surface area contributed by atoms with E-state index in [1.54, 1.807) is 0 Å². The lowest BCUT2D eigenvalue weighted by molar-refractivity contribution is -0.149. The molecule has 0 aromatic carbocycles. The molecule has 1 heterocycles. The largest absolute Gasteiger partial charge is 0.480 e. The minimum absolute atomic E-state index is 0.542. The van der Waals surface area contributed by atoms with Crippen LogP contribution in [0.1, 0.15) is 6.42 Å². The second-order valence-electron chi connectivity index (χ2n) is 2.31. The first kappa shape index (κ1) is 7.80. The van der Waals surface area contributed by atoms with Gasteiger partial charge in [0.25, 0.3) is 0 Å². The third-order valence-corrected chi connectivity index (χ3v) is 1.56. The monoisotopic (exact) mass is 159 g/mol. The summed E-state index contributed by atoms with van der Waals surface area (Å²) in [6, 6.07) is -1.33. The number of hydrazine groups is 1. The van der Waals surface area contributed by atoms with Crippen LogP contribution in [0.2, 0.25) is 0 Å². The zero-order chi connectivity index (χ0) is 8.43. The molecule has 1 saturated heterocycles. The summed E-state index contributed by atoms with van der Waals surface area (Å²) >= 11 is 0. The number of carboxylic acid groups (broad SMARTS) is 1. The van der Waals surface area contributed by atoms with Gasteiger partial charge in [-0.05, 0) is 6.42 Å². The predicted octanol–water partition coefficient (Wildman–Crippen LogP) is -1.27. The molecule has 1 atom stereocenters. The predicted molar refractivity (Wildman–Crippen MR) is 35.5 cm³/mol. The minimum Gasteiger partial charge on any atom is -0.480 e. The Morgan fingerprint density at radius 2 is 2.27 bits per heavy atom. The van der Waals surface area contributed by atoms with Gasteiger partial charge in [-0.2, -0.15) is 0 Å². The van der Waals surface area contributed by atoms with Gasteiger partial charge in [0.2, 0.25) is 0 Å². The molecule has 6 nitrogen and oxygen atoms in total. The molecule has 0 aromatic rings. The minimum atomic E-state index is -0.940. The van der Waals surface area contributed by atoms with E-state index in [2.05, 4.69) is 5.43 Å². The van der Waals surface area contributed by atoms with Gasteiger partial charge in [-0.15, -0.1) is 0 Å². The van der Waals surface area contributed by atoms with E-state index in [1.807, 2.05) is 0 Å². The van der Waals surface area contributed by atoms with Gasteiger partial charge in [0.05, 0.1) is 0 Å². The number of hydrogen-bond acceptors (Lipinski definition) is 3. The maximum absolute atomic E-state index is 10.3. The van der Waals surface area contributed by atoms with Crippen molar-refractivity contribution in [3.8, 4) is 0 Å². The normalized spacial score (nSPS) is 23.8. The summed E-state index contributed by atoms with van der Waals surface area (Å²) in [7, 11) is 0. The molecule has 1 unspecified atom stereocenters. The maximum atomic E-state index is 10.3. The number of amides is 2. The maximum Gasteiger partial charge on any atom is 0.326 e. The van der Waals surface area contributed by atoms with Crippen LogP contribution in [0, 0.1) is 0 Å². The Hall–Kier alpha value is -1.30. The molecule has 1 rings (SSSR count). The van der Waals surface area contributed by atoms with E-state index in [1.165, 1.54) is 5.01 Å². The number of carbonyl (C=O) groups excluding carboxylic acids is 1. The van der Waals surface area contributed by atoms with Crippen LogP contribution in [0.15, 0.2) is 0 Å². The smallest absolute Gasteiger partial charge is 0.326 e. The van der Waals surface area contributed by atoms with Crippen molar-refractivity contribution >= 4 is 12.0 Å². The third kappa shape index (κ3) is 1.58. The van der Waals surface area contributed by atoms with Crippen LogP contribution in [0.3, 0.4) is 0 Å². The molecule has 0 aromatic heterocycles. The first-order chi connectivity index (χ1) is 5.11. The molecule has 0 bridgehead atoms. The SMILES string of the molecule is NC(=O)NN1CCC1C(=O)O. The highest BCUT2D eigenvalue weighted by atomic mass is 16.4. The first-order valence-corrected chi connectivity index (χ1v) is 3.17. The summed E-state index contributed by atoms with van der Waals surface area (Å²) in [5.41, 5.74) is 6.98. The highest BCUT2D eigenvalue weighted by Gasteiger charge is 2.34. The molecule has 0 aliphatic carbocycles. The highest BCUT2D eigenvalue weighted by molar-refractivity contribution is 5.76. The van der Waals surface area contributed by atoms with E-state index in [-0.39, 0.29) is 0 Å². The molecule has 1 fully saturated rings. The lowest BCUT2D eigenvalue weighted by Gasteiger charge is -2.36. The second-order valence-corrected chi connectivity index (χ2v) is 2.31. The molecule has 0 saturated carbocycles. The Balaban J connectivity index is 2.37. The van der Waals surface area contributed by atoms with Crippen molar-refractivity contribution < 1.29 is 14.7 Å². The number of nitrogens with two attached hydrogens (primary N) is 1. The molecular weight excluding hydrogens is 150 g/mol. The lowest BCUT2D eigenvalue weighted by Crippen LogP contribution is -2.61. The van der Waals surface area contributed by atoms with E-state index >= 15 is 0 Å². The fourth-order valence-corrected chi connectivity index (χ4v) is 0.919. The van der Waals surface area contributed by atoms with Gasteiger partial charge in [0, 0.05) is 6.54 Å². The van der Waals surface area contributed by atoms with E-state index in [0.29, 0.717) is 13.0 Å². The van der Waals surface area contributed by atoms with Crippen molar-refractivity contribution in [3.63, 3.8) is 0 Å². The van der Waals surface area contributed by atoms with E-state index in [9.17, 15) is 9.59 Å². The van der Waals surface area contributed by atoms with Crippen molar-refractivity contribution in [2.24, 2.45) is 5.73 Å². The van der Waals surface area contributed by atoms with Crippen molar-refractivity contribution in [3.05, 3.63) is 0 Å². The Bertz CT molecular complexity index is 193. The van der Waals surface area contributed by atoms with Gasteiger partial charge in [-0.3, -0.25) is 10.2 Å². The molecule has 62 valence electrons. The summed E-state index contributed by atoms with van der Waals surface area (Å²) in [5, 5.41) is 9.78. The summed E-state index contributed by atoms with van der Waals surface area (Å²) in [4.78, 5) is 20.6. The molecule has 6 heteroatoms. The van der Waals surface area contributed by atoms with E-state index in [0.717, 1.165) is 0 Å². The fourth-order valence-electron chi connectivity index (χ4n) is 0.919. The van der Waals surface area contributed by atoms with Crippen LogP contribution >= 0.6 is 0 Å². The Kier molecular flexibility index (Phi) is 1.95. The van der Waals surface area contributed by atoms with E-state index in [4.69, 9.17) is 10.8 Å². The van der Waals surface area contributed by atoms with Crippen LogP contribution in [0.5, 0.6) is 0 Å². The van der Waals surface area contributed by atoms with Gasteiger partial charge >= 0.3 is 12.0 Å². The van der Waals surface area contributed by atoms with Crippen molar-refractivity contribution in [1.82, 2.24) is 10.4 Å². The number of nitrogens with one attached hydrogen (secondary N) is 1. The average molecular weight is 159 g/mol. The average Bonchev–Trinajstić information content (AvgIpc) is 1.78. The fraction of sp³-hybridized carbons (Fsp3) is 0.600. The Morgan fingerprint density at radius 1 is 1.64 bits per heavy atom.